The molecule has 2 heterocycles. The van der Waals surface area contributed by atoms with Crippen molar-refractivity contribution in [3.63, 3.8) is 0 Å². The Kier molecular flexibility index (Phi) is 4.60. The van der Waals surface area contributed by atoms with Gasteiger partial charge in [-0.3, -0.25) is 9.78 Å². The third-order valence-corrected chi connectivity index (χ3v) is 3.91. The number of aryl methyl sites for hydroxylation is 2. The van der Waals surface area contributed by atoms with E-state index in [1.54, 1.807) is 0 Å². The van der Waals surface area contributed by atoms with Gasteiger partial charge in [0.05, 0.1) is 16.9 Å². The number of nitrogens with two attached hydrogens (primary N) is 1. The van der Waals surface area contributed by atoms with Crippen LogP contribution < -0.4 is 16.0 Å². The summed E-state index contributed by atoms with van der Waals surface area (Å²) in [6, 6.07) is 1.98. The molecular weight excluding hydrogens is 252 g/mol. The maximum absolute atomic E-state index is 11.7. The topological polar surface area (TPSA) is 71.2 Å². The molecule has 0 aliphatic carbocycles. The second kappa shape index (κ2) is 6.22. The second-order valence-electron chi connectivity index (χ2n) is 5.62. The van der Waals surface area contributed by atoms with Crippen LogP contribution in [0, 0.1) is 19.8 Å². The Morgan fingerprint density at radius 1 is 1.55 bits per heavy atom. The van der Waals surface area contributed by atoms with Gasteiger partial charge in [0.1, 0.15) is 0 Å². The van der Waals surface area contributed by atoms with Crippen LogP contribution in [0.5, 0.6) is 0 Å². The van der Waals surface area contributed by atoms with Crippen molar-refractivity contribution in [2.24, 2.45) is 11.7 Å². The molecule has 1 aliphatic rings. The first-order valence-electron chi connectivity index (χ1n) is 7.20. The monoisotopic (exact) mass is 276 g/mol. The van der Waals surface area contributed by atoms with Crippen LogP contribution in [0.2, 0.25) is 0 Å². The van der Waals surface area contributed by atoms with Gasteiger partial charge in [0, 0.05) is 18.8 Å². The summed E-state index contributed by atoms with van der Waals surface area (Å²) in [5.74, 6) is 0.226. The van der Waals surface area contributed by atoms with Gasteiger partial charge >= 0.3 is 0 Å². The molecule has 1 atom stereocenters. The average molecular weight is 276 g/mol. The summed E-state index contributed by atoms with van der Waals surface area (Å²) < 4.78 is 0. The molecule has 20 heavy (non-hydrogen) atoms. The number of amides is 1. The first-order chi connectivity index (χ1) is 9.52. The number of carbonyl (C=O) groups is 1. The Labute approximate surface area is 120 Å². The molecule has 5 nitrogen and oxygen atoms in total. The van der Waals surface area contributed by atoms with E-state index in [0.29, 0.717) is 11.5 Å². The summed E-state index contributed by atoms with van der Waals surface area (Å²) in [5.41, 5.74) is 8.72. The molecule has 2 rings (SSSR count). The van der Waals surface area contributed by atoms with E-state index >= 15 is 0 Å². The SMILES string of the molecule is CNCC1CCCN(c2cc(C)nc(C)c2C(N)=O)C1. The van der Waals surface area contributed by atoms with E-state index < -0.39 is 0 Å². The van der Waals surface area contributed by atoms with Crippen molar-refractivity contribution in [2.75, 3.05) is 31.6 Å². The second-order valence-corrected chi connectivity index (χ2v) is 5.62. The van der Waals surface area contributed by atoms with Crippen LogP contribution in [-0.4, -0.2) is 37.6 Å². The number of piperidine rings is 1. The largest absolute Gasteiger partial charge is 0.370 e. The minimum Gasteiger partial charge on any atom is -0.370 e. The molecular formula is C15H24N4O. The number of rotatable bonds is 4. The van der Waals surface area contributed by atoms with Crippen LogP contribution in [0.25, 0.3) is 0 Å². The third-order valence-electron chi connectivity index (χ3n) is 3.91. The Bertz CT molecular complexity index is 499. The third kappa shape index (κ3) is 3.10. The first kappa shape index (κ1) is 14.8. The lowest BCUT2D eigenvalue weighted by molar-refractivity contribution is 0.0999. The molecule has 1 saturated heterocycles. The molecule has 0 bridgehead atoms. The highest BCUT2D eigenvalue weighted by molar-refractivity contribution is 5.99. The molecule has 0 radical (unpaired) electrons. The van der Waals surface area contributed by atoms with E-state index in [1.807, 2.05) is 27.0 Å². The van der Waals surface area contributed by atoms with Crippen molar-refractivity contribution in [1.82, 2.24) is 10.3 Å². The normalized spacial score (nSPS) is 19.1. The van der Waals surface area contributed by atoms with Gasteiger partial charge in [-0.15, -0.1) is 0 Å². The lowest BCUT2D eigenvalue weighted by atomic mass is 9.96. The summed E-state index contributed by atoms with van der Waals surface area (Å²) >= 11 is 0. The fraction of sp³-hybridized carbons (Fsp3) is 0.600. The van der Waals surface area contributed by atoms with Gasteiger partial charge in [0.15, 0.2) is 0 Å². The molecule has 0 aromatic carbocycles. The Morgan fingerprint density at radius 3 is 2.95 bits per heavy atom. The zero-order chi connectivity index (χ0) is 14.7. The minimum absolute atomic E-state index is 0.388. The van der Waals surface area contributed by atoms with Crippen molar-refractivity contribution < 1.29 is 4.79 Å². The smallest absolute Gasteiger partial charge is 0.252 e. The Balaban J connectivity index is 2.33. The number of carbonyl (C=O) groups excluding carboxylic acids is 1. The lowest BCUT2D eigenvalue weighted by Gasteiger charge is -2.35. The molecule has 5 heteroatoms. The van der Waals surface area contributed by atoms with Crippen molar-refractivity contribution >= 4 is 11.6 Å². The van der Waals surface area contributed by atoms with Crippen molar-refractivity contribution in [1.29, 1.82) is 0 Å². The summed E-state index contributed by atoms with van der Waals surface area (Å²) in [7, 11) is 1.98. The van der Waals surface area contributed by atoms with Gasteiger partial charge in [-0.2, -0.15) is 0 Å². The van der Waals surface area contributed by atoms with E-state index in [9.17, 15) is 4.79 Å². The highest BCUT2D eigenvalue weighted by atomic mass is 16.1. The Morgan fingerprint density at radius 2 is 2.30 bits per heavy atom. The van der Waals surface area contributed by atoms with Crippen LogP contribution in [0.1, 0.15) is 34.6 Å². The molecule has 1 amide bonds. The summed E-state index contributed by atoms with van der Waals surface area (Å²) in [4.78, 5) is 18.4. The van der Waals surface area contributed by atoms with Crippen LogP contribution in [-0.2, 0) is 0 Å². The molecule has 1 unspecified atom stereocenters. The molecule has 0 spiro atoms. The number of hydrogen-bond donors (Lipinski definition) is 2. The predicted octanol–water partition coefficient (Wildman–Crippen LogP) is 1.23. The number of nitrogens with zero attached hydrogens (tertiary/aromatic N) is 2. The minimum atomic E-state index is -0.388. The van der Waals surface area contributed by atoms with Crippen LogP contribution in [0.3, 0.4) is 0 Å². The highest BCUT2D eigenvalue weighted by Crippen LogP contribution is 2.28. The van der Waals surface area contributed by atoms with Gasteiger partial charge in [-0.25, -0.2) is 0 Å². The van der Waals surface area contributed by atoms with Gasteiger partial charge in [-0.05, 0) is 52.3 Å². The number of hydrogen-bond acceptors (Lipinski definition) is 4. The predicted molar refractivity (Wildman–Crippen MR) is 81.1 cm³/mol. The average Bonchev–Trinajstić information content (AvgIpc) is 2.38. The number of anilines is 1. The van der Waals surface area contributed by atoms with Gasteiger partial charge in [-0.1, -0.05) is 0 Å². The fourth-order valence-electron chi connectivity index (χ4n) is 3.10. The number of nitrogens with one attached hydrogen (secondary N) is 1. The van der Waals surface area contributed by atoms with Crippen LogP contribution >= 0.6 is 0 Å². The van der Waals surface area contributed by atoms with E-state index in [4.69, 9.17) is 5.73 Å². The lowest BCUT2D eigenvalue weighted by Crippen LogP contribution is -2.40. The first-order valence-corrected chi connectivity index (χ1v) is 7.20. The van der Waals surface area contributed by atoms with Gasteiger partial charge < -0.3 is 16.0 Å². The summed E-state index contributed by atoms with van der Waals surface area (Å²) in [6.45, 7) is 6.75. The van der Waals surface area contributed by atoms with Crippen LogP contribution in [0.15, 0.2) is 6.07 Å². The molecule has 1 fully saturated rings. The van der Waals surface area contributed by atoms with Gasteiger partial charge in [0.25, 0.3) is 5.91 Å². The van der Waals surface area contributed by atoms with Gasteiger partial charge in [0.2, 0.25) is 0 Å². The van der Waals surface area contributed by atoms with E-state index in [-0.39, 0.29) is 5.91 Å². The van der Waals surface area contributed by atoms with Crippen molar-refractivity contribution in [3.8, 4) is 0 Å². The number of primary amides is 1. The quantitative estimate of drug-likeness (QED) is 0.868. The van der Waals surface area contributed by atoms with Crippen LogP contribution in [0.4, 0.5) is 5.69 Å². The number of aromatic nitrogens is 1. The zero-order valence-electron chi connectivity index (χ0n) is 12.6. The molecule has 1 aliphatic heterocycles. The maximum Gasteiger partial charge on any atom is 0.252 e. The fourth-order valence-corrected chi connectivity index (χ4v) is 3.10. The molecule has 1 aromatic heterocycles. The van der Waals surface area contributed by atoms with Crippen molar-refractivity contribution in [3.05, 3.63) is 23.0 Å². The zero-order valence-corrected chi connectivity index (χ0v) is 12.6. The van der Waals surface area contributed by atoms with Crippen molar-refractivity contribution in [2.45, 2.75) is 26.7 Å². The Hall–Kier alpha value is -1.62. The maximum atomic E-state index is 11.7. The van der Waals surface area contributed by atoms with E-state index in [2.05, 4.69) is 15.2 Å². The molecule has 0 saturated carbocycles. The number of pyridine rings is 1. The molecule has 110 valence electrons. The standard InChI is InChI=1S/C15H24N4O/c1-10-7-13(14(15(16)20)11(2)18-10)19-6-4-5-12(9-19)8-17-3/h7,12,17H,4-6,8-9H2,1-3H3,(H2,16,20). The summed E-state index contributed by atoms with van der Waals surface area (Å²) in [6.07, 6.45) is 2.37. The van der Waals surface area contributed by atoms with E-state index in [1.165, 1.54) is 6.42 Å². The highest BCUT2D eigenvalue weighted by Gasteiger charge is 2.24. The van der Waals surface area contributed by atoms with E-state index in [0.717, 1.165) is 43.1 Å². The molecule has 3 N–H and O–H groups in total. The summed E-state index contributed by atoms with van der Waals surface area (Å²) in [5, 5.41) is 3.24. The molecule has 1 aromatic rings.